The molecule has 1 saturated carbocycles. The zero-order chi connectivity index (χ0) is 10.6. The van der Waals surface area contributed by atoms with Crippen LogP contribution in [0.15, 0.2) is 0 Å². The van der Waals surface area contributed by atoms with Gasteiger partial charge in [-0.25, -0.2) is 0 Å². The normalized spacial score (nSPS) is 26.2. The smallest absolute Gasteiger partial charge is 0.0469 e. The lowest BCUT2D eigenvalue weighted by Crippen LogP contribution is -2.41. The summed E-state index contributed by atoms with van der Waals surface area (Å²) < 4.78 is 5.37. The second kappa shape index (κ2) is 5.31. The van der Waals surface area contributed by atoms with Crippen LogP contribution in [0.5, 0.6) is 0 Å². The topological polar surface area (TPSA) is 21.3 Å². The van der Waals surface area contributed by atoms with E-state index in [9.17, 15) is 0 Å². The Morgan fingerprint density at radius 2 is 2.00 bits per heavy atom. The van der Waals surface area contributed by atoms with Crippen molar-refractivity contribution in [1.82, 2.24) is 5.32 Å². The van der Waals surface area contributed by atoms with Gasteiger partial charge < -0.3 is 10.1 Å². The Kier molecular flexibility index (Phi) is 4.04. The summed E-state index contributed by atoms with van der Waals surface area (Å²) in [6, 6.07) is 0. The predicted molar refractivity (Wildman–Crippen MR) is 63.0 cm³/mol. The largest absolute Gasteiger partial charge is 0.381 e. The van der Waals surface area contributed by atoms with Crippen molar-refractivity contribution in [3.05, 3.63) is 0 Å². The molecule has 0 spiro atoms. The maximum atomic E-state index is 5.37. The van der Waals surface area contributed by atoms with Crippen LogP contribution in [0, 0.1) is 11.3 Å². The van der Waals surface area contributed by atoms with E-state index in [1.807, 2.05) is 0 Å². The molecule has 1 aliphatic heterocycles. The molecule has 0 amide bonds. The van der Waals surface area contributed by atoms with Gasteiger partial charge in [0.25, 0.3) is 0 Å². The van der Waals surface area contributed by atoms with Gasteiger partial charge in [-0.2, -0.15) is 0 Å². The molecule has 2 fully saturated rings. The molecule has 0 aromatic rings. The SMILES string of the molecule is CCC1(CNCC2CCOCC2)CCC1. The Balaban J connectivity index is 1.61. The van der Waals surface area contributed by atoms with E-state index in [2.05, 4.69) is 12.2 Å². The summed E-state index contributed by atoms with van der Waals surface area (Å²) >= 11 is 0. The van der Waals surface area contributed by atoms with Gasteiger partial charge >= 0.3 is 0 Å². The average molecular weight is 211 g/mol. The molecule has 2 rings (SSSR count). The minimum atomic E-state index is 0.672. The zero-order valence-electron chi connectivity index (χ0n) is 10.1. The monoisotopic (exact) mass is 211 g/mol. The first kappa shape index (κ1) is 11.4. The van der Waals surface area contributed by atoms with Crippen LogP contribution in [0.2, 0.25) is 0 Å². The van der Waals surface area contributed by atoms with Crippen molar-refractivity contribution < 1.29 is 4.74 Å². The van der Waals surface area contributed by atoms with Crippen molar-refractivity contribution in [2.45, 2.75) is 45.4 Å². The van der Waals surface area contributed by atoms with Gasteiger partial charge in [0.05, 0.1) is 0 Å². The molecule has 0 radical (unpaired) electrons. The third kappa shape index (κ3) is 2.94. The van der Waals surface area contributed by atoms with Gasteiger partial charge in [-0.15, -0.1) is 0 Å². The number of rotatable bonds is 5. The molecule has 0 bridgehead atoms. The molecule has 0 unspecified atom stereocenters. The molecular formula is C13H25NO. The van der Waals surface area contributed by atoms with E-state index in [1.165, 1.54) is 51.6 Å². The molecule has 2 aliphatic rings. The van der Waals surface area contributed by atoms with Gasteiger partial charge in [-0.1, -0.05) is 13.3 Å². The van der Waals surface area contributed by atoms with Gasteiger partial charge in [0.15, 0.2) is 0 Å². The summed E-state index contributed by atoms with van der Waals surface area (Å²) in [4.78, 5) is 0. The van der Waals surface area contributed by atoms with Crippen LogP contribution < -0.4 is 5.32 Å². The Hall–Kier alpha value is -0.0800. The van der Waals surface area contributed by atoms with Crippen molar-refractivity contribution in [2.24, 2.45) is 11.3 Å². The van der Waals surface area contributed by atoms with Crippen molar-refractivity contribution >= 4 is 0 Å². The zero-order valence-corrected chi connectivity index (χ0v) is 10.1. The van der Waals surface area contributed by atoms with Gasteiger partial charge in [-0.05, 0) is 50.0 Å². The summed E-state index contributed by atoms with van der Waals surface area (Å²) in [5.41, 5.74) is 0.672. The Morgan fingerprint density at radius 3 is 2.53 bits per heavy atom. The van der Waals surface area contributed by atoms with Crippen LogP contribution in [0.25, 0.3) is 0 Å². The minimum absolute atomic E-state index is 0.672. The molecule has 1 N–H and O–H groups in total. The molecule has 0 atom stereocenters. The molecule has 15 heavy (non-hydrogen) atoms. The van der Waals surface area contributed by atoms with E-state index >= 15 is 0 Å². The van der Waals surface area contributed by atoms with Gasteiger partial charge in [-0.3, -0.25) is 0 Å². The maximum Gasteiger partial charge on any atom is 0.0469 e. The molecule has 88 valence electrons. The molecule has 0 aromatic heterocycles. The van der Waals surface area contributed by atoms with E-state index in [1.54, 1.807) is 0 Å². The summed E-state index contributed by atoms with van der Waals surface area (Å²) in [5, 5.41) is 3.69. The minimum Gasteiger partial charge on any atom is -0.381 e. The van der Waals surface area contributed by atoms with Crippen LogP contribution in [0.1, 0.15) is 45.4 Å². The number of hydrogen-bond acceptors (Lipinski definition) is 2. The van der Waals surface area contributed by atoms with E-state index in [0.717, 1.165) is 19.1 Å². The Bertz CT molecular complexity index is 177. The number of ether oxygens (including phenoxy) is 1. The number of hydrogen-bond donors (Lipinski definition) is 1. The Labute approximate surface area is 93.8 Å². The number of nitrogens with one attached hydrogen (secondary N) is 1. The van der Waals surface area contributed by atoms with Crippen LogP contribution in [-0.4, -0.2) is 26.3 Å². The van der Waals surface area contributed by atoms with E-state index in [0.29, 0.717) is 5.41 Å². The summed E-state index contributed by atoms with van der Waals surface area (Å²) in [7, 11) is 0. The second-order valence-corrected chi connectivity index (χ2v) is 5.39. The fraction of sp³-hybridized carbons (Fsp3) is 1.00. The lowest BCUT2D eigenvalue weighted by atomic mass is 9.67. The van der Waals surface area contributed by atoms with Crippen LogP contribution in [0.3, 0.4) is 0 Å². The lowest BCUT2D eigenvalue weighted by Gasteiger charge is -2.42. The third-order valence-electron chi connectivity index (χ3n) is 4.44. The predicted octanol–water partition coefficient (Wildman–Crippen LogP) is 2.58. The first-order chi connectivity index (χ1) is 7.35. The third-order valence-corrected chi connectivity index (χ3v) is 4.44. The molecule has 0 aromatic carbocycles. The van der Waals surface area contributed by atoms with Crippen molar-refractivity contribution in [1.29, 1.82) is 0 Å². The van der Waals surface area contributed by atoms with E-state index in [4.69, 9.17) is 4.74 Å². The Morgan fingerprint density at radius 1 is 1.27 bits per heavy atom. The fourth-order valence-electron chi connectivity index (χ4n) is 2.82. The van der Waals surface area contributed by atoms with E-state index in [-0.39, 0.29) is 0 Å². The first-order valence-electron chi connectivity index (χ1n) is 6.63. The molecule has 1 saturated heterocycles. The standard InChI is InChI=1S/C13H25NO/c1-2-13(6-3-7-13)11-14-10-12-4-8-15-9-5-12/h12,14H,2-11H2,1H3. The van der Waals surface area contributed by atoms with Gasteiger partial charge in [0.2, 0.25) is 0 Å². The van der Waals surface area contributed by atoms with Crippen molar-refractivity contribution in [2.75, 3.05) is 26.3 Å². The van der Waals surface area contributed by atoms with E-state index < -0.39 is 0 Å². The molecular weight excluding hydrogens is 186 g/mol. The molecule has 1 aliphatic carbocycles. The highest BCUT2D eigenvalue weighted by atomic mass is 16.5. The summed E-state index contributed by atoms with van der Waals surface area (Å²) in [6.45, 7) is 6.76. The molecule has 2 nitrogen and oxygen atoms in total. The van der Waals surface area contributed by atoms with Crippen LogP contribution >= 0.6 is 0 Å². The van der Waals surface area contributed by atoms with Crippen molar-refractivity contribution in [3.63, 3.8) is 0 Å². The van der Waals surface area contributed by atoms with Crippen molar-refractivity contribution in [3.8, 4) is 0 Å². The van der Waals surface area contributed by atoms with Gasteiger partial charge in [0.1, 0.15) is 0 Å². The highest BCUT2D eigenvalue weighted by Crippen LogP contribution is 2.43. The van der Waals surface area contributed by atoms with Crippen LogP contribution in [0.4, 0.5) is 0 Å². The molecule has 1 heterocycles. The van der Waals surface area contributed by atoms with Crippen LogP contribution in [-0.2, 0) is 4.74 Å². The summed E-state index contributed by atoms with van der Waals surface area (Å²) in [6.07, 6.45) is 8.22. The lowest BCUT2D eigenvalue weighted by molar-refractivity contribution is 0.0623. The highest BCUT2D eigenvalue weighted by molar-refractivity contribution is 4.88. The fourth-order valence-corrected chi connectivity index (χ4v) is 2.82. The quantitative estimate of drug-likeness (QED) is 0.754. The second-order valence-electron chi connectivity index (χ2n) is 5.39. The molecule has 2 heteroatoms. The van der Waals surface area contributed by atoms with Gasteiger partial charge in [0, 0.05) is 19.8 Å². The average Bonchev–Trinajstić information content (AvgIpc) is 2.24. The maximum absolute atomic E-state index is 5.37. The highest BCUT2D eigenvalue weighted by Gasteiger charge is 2.34. The first-order valence-corrected chi connectivity index (χ1v) is 6.63. The summed E-state index contributed by atoms with van der Waals surface area (Å²) in [5.74, 6) is 0.868.